The number of aromatic nitrogens is 4. The van der Waals surface area contributed by atoms with E-state index < -0.39 is 5.25 Å². The van der Waals surface area contributed by atoms with Gasteiger partial charge in [0.1, 0.15) is 5.39 Å². The van der Waals surface area contributed by atoms with Crippen LogP contribution in [0.25, 0.3) is 16.7 Å². The molecule has 0 radical (unpaired) electrons. The third-order valence-corrected chi connectivity index (χ3v) is 5.87. The van der Waals surface area contributed by atoms with Gasteiger partial charge in [-0.05, 0) is 45.0 Å². The number of nitrogens with zero attached hydrogens (tertiary/aromatic N) is 3. The Morgan fingerprint density at radius 3 is 2.62 bits per heavy atom. The zero-order valence-electron chi connectivity index (χ0n) is 17.7. The van der Waals surface area contributed by atoms with Gasteiger partial charge in [0.25, 0.3) is 5.56 Å². The fourth-order valence-electron chi connectivity index (χ4n) is 3.11. The van der Waals surface area contributed by atoms with Crippen LogP contribution in [0, 0.1) is 6.92 Å². The van der Waals surface area contributed by atoms with Crippen LogP contribution < -0.4 is 10.9 Å². The molecule has 0 spiro atoms. The summed E-state index contributed by atoms with van der Waals surface area (Å²) in [6.07, 6.45) is 1.48. The first-order chi connectivity index (χ1) is 15.3. The van der Waals surface area contributed by atoms with Crippen LogP contribution in [0.4, 0.5) is 5.69 Å². The van der Waals surface area contributed by atoms with Crippen molar-refractivity contribution in [3.63, 3.8) is 0 Å². The van der Waals surface area contributed by atoms with Crippen molar-refractivity contribution in [2.75, 3.05) is 5.32 Å². The molecule has 0 saturated carbocycles. The number of rotatable bonds is 6. The number of thioether (sulfide) groups is 1. The summed E-state index contributed by atoms with van der Waals surface area (Å²) >= 11 is 1.13. The number of benzene rings is 2. The van der Waals surface area contributed by atoms with Gasteiger partial charge in [0.05, 0.1) is 17.1 Å². The number of carbonyl (C=O) groups is 2. The SMILES string of the molecule is CC(=O)c1cccc(NC(=O)[C@H](C)Sc2nc3c(cnn3-c3ccc(C)cc3)c(=O)[nH]2)c1. The summed E-state index contributed by atoms with van der Waals surface area (Å²) < 4.78 is 1.60. The number of nitrogens with one attached hydrogen (secondary N) is 2. The summed E-state index contributed by atoms with van der Waals surface area (Å²) in [7, 11) is 0. The maximum atomic E-state index is 12.7. The van der Waals surface area contributed by atoms with Crippen LogP contribution in [0.15, 0.2) is 64.7 Å². The third kappa shape index (κ3) is 4.47. The summed E-state index contributed by atoms with van der Waals surface area (Å²) in [6, 6.07) is 14.5. The molecule has 2 heterocycles. The maximum absolute atomic E-state index is 12.7. The molecular weight excluding hydrogens is 426 g/mol. The summed E-state index contributed by atoms with van der Waals surface area (Å²) in [5, 5.41) is 7.24. The molecule has 8 nitrogen and oxygen atoms in total. The molecule has 0 unspecified atom stereocenters. The Balaban J connectivity index is 1.57. The molecular formula is C23H21N5O3S. The molecule has 9 heteroatoms. The number of hydrogen-bond donors (Lipinski definition) is 2. The first-order valence-corrected chi connectivity index (χ1v) is 10.8. The number of aryl methyl sites for hydroxylation is 1. The quantitative estimate of drug-likeness (QED) is 0.265. The predicted octanol–water partition coefficient (Wildman–Crippen LogP) is 3.74. The van der Waals surface area contributed by atoms with Crippen molar-refractivity contribution < 1.29 is 9.59 Å². The van der Waals surface area contributed by atoms with Crippen molar-refractivity contribution >= 4 is 40.2 Å². The van der Waals surface area contributed by atoms with E-state index in [0.29, 0.717) is 27.4 Å². The van der Waals surface area contributed by atoms with Gasteiger partial charge in [0, 0.05) is 11.3 Å². The number of ketones is 1. The molecule has 1 atom stereocenters. The molecule has 0 bridgehead atoms. The van der Waals surface area contributed by atoms with Crippen LogP contribution in [0.3, 0.4) is 0 Å². The minimum absolute atomic E-state index is 0.0798. The van der Waals surface area contributed by atoms with Gasteiger partial charge >= 0.3 is 0 Å². The molecule has 0 aliphatic rings. The second-order valence-corrected chi connectivity index (χ2v) is 8.72. The van der Waals surface area contributed by atoms with Crippen LogP contribution >= 0.6 is 11.8 Å². The number of carbonyl (C=O) groups excluding carboxylic acids is 2. The zero-order chi connectivity index (χ0) is 22.8. The minimum Gasteiger partial charge on any atom is -0.325 e. The van der Waals surface area contributed by atoms with Crippen LogP contribution in [0.5, 0.6) is 0 Å². The average Bonchev–Trinajstić information content (AvgIpc) is 3.19. The first-order valence-electron chi connectivity index (χ1n) is 9.95. The molecule has 0 fully saturated rings. The second kappa shape index (κ2) is 8.80. The number of amides is 1. The summed E-state index contributed by atoms with van der Waals surface area (Å²) in [6.45, 7) is 5.18. The number of fused-ring (bicyclic) bond motifs is 1. The first kappa shape index (κ1) is 21.5. The third-order valence-electron chi connectivity index (χ3n) is 4.89. The Kier molecular flexibility index (Phi) is 5.91. The topological polar surface area (TPSA) is 110 Å². The molecule has 0 aliphatic carbocycles. The lowest BCUT2D eigenvalue weighted by molar-refractivity contribution is -0.115. The van der Waals surface area contributed by atoms with Gasteiger partial charge in [0.15, 0.2) is 16.6 Å². The van der Waals surface area contributed by atoms with Crippen molar-refractivity contribution in [1.29, 1.82) is 0 Å². The Labute approximate surface area is 188 Å². The number of H-pyrrole nitrogens is 1. The molecule has 162 valence electrons. The zero-order valence-corrected chi connectivity index (χ0v) is 18.6. The smallest absolute Gasteiger partial charge is 0.262 e. The highest BCUT2D eigenvalue weighted by Crippen LogP contribution is 2.23. The Morgan fingerprint density at radius 1 is 1.16 bits per heavy atom. The van der Waals surface area contributed by atoms with E-state index in [1.54, 1.807) is 35.9 Å². The van der Waals surface area contributed by atoms with E-state index in [9.17, 15) is 14.4 Å². The van der Waals surface area contributed by atoms with Crippen LogP contribution in [0.2, 0.25) is 0 Å². The van der Waals surface area contributed by atoms with E-state index in [1.807, 2.05) is 31.2 Å². The average molecular weight is 448 g/mol. The van der Waals surface area contributed by atoms with Crippen molar-refractivity contribution in [1.82, 2.24) is 19.7 Å². The fourth-order valence-corrected chi connectivity index (χ4v) is 3.90. The van der Waals surface area contributed by atoms with Crippen molar-refractivity contribution in [2.24, 2.45) is 0 Å². The second-order valence-electron chi connectivity index (χ2n) is 7.39. The molecule has 2 N–H and O–H groups in total. The summed E-state index contributed by atoms with van der Waals surface area (Å²) in [5.74, 6) is -0.353. The maximum Gasteiger partial charge on any atom is 0.262 e. The van der Waals surface area contributed by atoms with Gasteiger partial charge in [-0.1, -0.05) is 41.6 Å². The number of Topliss-reactive ketones (excluding diaryl/α,β-unsaturated/α-hetero) is 1. The van der Waals surface area contributed by atoms with E-state index in [2.05, 4.69) is 20.4 Å². The van der Waals surface area contributed by atoms with Gasteiger partial charge in [-0.2, -0.15) is 5.10 Å². The van der Waals surface area contributed by atoms with Crippen LogP contribution in [-0.4, -0.2) is 36.7 Å². The van der Waals surface area contributed by atoms with Crippen molar-refractivity contribution in [3.8, 4) is 5.69 Å². The van der Waals surface area contributed by atoms with E-state index in [-0.39, 0.29) is 17.2 Å². The van der Waals surface area contributed by atoms with Crippen molar-refractivity contribution in [3.05, 3.63) is 76.2 Å². The lowest BCUT2D eigenvalue weighted by Gasteiger charge is -2.12. The van der Waals surface area contributed by atoms with Crippen molar-refractivity contribution in [2.45, 2.75) is 31.2 Å². The standard InChI is InChI=1S/C23H21N5O3S/c1-13-7-9-18(10-8-13)28-20-19(12-24-28)22(31)27-23(26-20)32-15(3)21(30)25-17-6-4-5-16(11-17)14(2)29/h4-12,15H,1-3H3,(H,25,30)(H,26,27,31)/t15-/m0/s1. The molecule has 1 amide bonds. The minimum atomic E-state index is -0.549. The van der Waals surface area contributed by atoms with Crippen LogP contribution in [0.1, 0.15) is 29.8 Å². The Hall–Kier alpha value is -3.72. The molecule has 0 aliphatic heterocycles. The van der Waals surface area contributed by atoms with Gasteiger partial charge in [-0.25, -0.2) is 9.67 Å². The number of anilines is 1. The summed E-state index contributed by atoms with van der Waals surface area (Å²) in [5.41, 5.74) is 3.05. The van der Waals surface area contributed by atoms with Gasteiger partial charge in [-0.3, -0.25) is 14.4 Å². The molecule has 4 rings (SSSR count). The summed E-state index contributed by atoms with van der Waals surface area (Å²) in [4.78, 5) is 44.0. The predicted molar refractivity (Wildman–Crippen MR) is 125 cm³/mol. The van der Waals surface area contributed by atoms with Gasteiger partial charge in [-0.15, -0.1) is 0 Å². The highest BCUT2D eigenvalue weighted by Gasteiger charge is 2.19. The molecule has 2 aromatic carbocycles. The largest absolute Gasteiger partial charge is 0.325 e. The monoisotopic (exact) mass is 447 g/mol. The molecule has 0 saturated heterocycles. The van der Waals surface area contributed by atoms with E-state index in [4.69, 9.17) is 0 Å². The molecule has 4 aromatic rings. The molecule has 32 heavy (non-hydrogen) atoms. The van der Waals surface area contributed by atoms with E-state index in [1.165, 1.54) is 13.1 Å². The fraction of sp³-hybridized carbons (Fsp3) is 0.174. The lowest BCUT2D eigenvalue weighted by Crippen LogP contribution is -2.23. The highest BCUT2D eigenvalue weighted by atomic mass is 32.2. The van der Waals surface area contributed by atoms with Gasteiger partial charge in [0.2, 0.25) is 5.91 Å². The molecule has 2 aromatic heterocycles. The Morgan fingerprint density at radius 2 is 1.91 bits per heavy atom. The lowest BCUT2D eigenvalue weighted by atomic mass is 10.1. The number of hydrogen-bond acceptors (Lipinski definition) is 6. The van der Waals surface area contributed by atoms with Crippen LogP contribution in [-0.2, 0) is 4.79 Å². The highest BCUT2D eigenvalue weighted by molar-refractivity contribution is 8.00. The number of aromatic amines is 1. The van der Waals surface area contributed by atoms with E-state index >= 15 is 0 Å². The van der Waals surface area contributed by atoms with Gasteiger partial charge < -0.3 is 10.3 Å². The normalized spacial score (nSPS) is 12.0. The Bertz CT molecular complexity index is 1370. The van der Waals surface area contributed by atoms with E-state index in [0.717, 1.165) is 23.0 Å².